The molecule has 0 spiro atoms. The van der Waals surface area contributed by atoms with E-state index in [9.17, 15) is 9.59 Å². The van der Waals surface area contributed by atoms with Gasteiger partial charge < -0.3 is 0 Å². The van der Waals surface area contributed by atoms with Crippen LogP contribution in [0.25, 0.3) is 5.57 Å². The van der Waals surface area contributed by atoms with E-state index in [0.717, 1.165) is 22.3 Å². The largest absolute Gasteiger partial charge is 0.293 e. The molecule has 1 aliphatic rings. The lowest BCUT2D eigenvalue weighted by molar-refractivity contribution is 0.0943. The number of rotatable bonds is 2. The van der Waals surface area contributed by atoms with Gasteiger partial charge in [-0.3, -0.25) is 9.59 Å². The number of allylic oxidation sites excluding steroid dienone is 1. The minimum absolute atomic E-state index is 0.0826. The fourth-order valence-electron chi connectivity index (χ4n) is 3.47. The summed E-state index contributed by atoms with van der Waals surface area (Å²) in [5.41, 5.74) is 5.22. The van der Waals surface area contributed by atoms with Crippen LogP contribution in [0, 0.1) is 6.92 Å². The summed E-state index contributed by atoms with van der Waals surface area (Å²) in [6.45, 7) is 2.03. The van der Waals surface area contributed by atoms with Crippen molar-refractivity contribution >= 4 is 33.1 Å². The lowest BCUT2D eigenvalue weighted by atomic mass is 9.80. The number of halogens is 1. The predicted molar refractivity (Wildman–Crippen MR) is 111 cm³/mol. The van der Waals surface area contributed by atoms with Gasteiger partial charge in [0.2, 0.25) is 0 Å². The maximum absolute atomic E-state index is 13.4. The summed E-state index contributed by atoms with van der Waals surface area (Å²) in [6, 6.07) is 24.8. The van der Waals surface area contributed by atoms with Gasteiger partial charge in [0, 0.05) is 16.7 Å². The van der Waals surface area contributed by atoms with Crippen LogP contribution in [0.3, 0.4) is 0 Å². The summed E-state index contributed by atoms with van der Waals surface area (Å²) >= 11 is 3.51. The van der Waals surface area contributed by atoms with E-state index in [0.29, 0.717) is 16.7 Å². The molecule has 0 bridgehead atoms. The van der Waals surface area contributed by atoms with E-state index in [2.05, 4.69) is 15.9 Å². The van der Waals surface area contributed by atoms with Gasteiger partial charge in [-0.05, 0) is 23.6 Å². The summed E-state index contributed by atoms with van der Waals surface area (Å²) in [7, 11) is 0. The third-order valence-electron chi connectivity index (χ3n) is 4.84. The second kappa shape index (κ2) is 7.09. The van der Waals surface area contributed by atoms with E-state index in [1.807, 2.05) is 61.5 Å². The zero-order valence-corrected chi connectivity index (χ0v) is 16.4. The highest BCUT2D eigenvalue weighted by Crippen LogP contribution is 2.37. The highest BCUT2D eigenvalue weighted by molar-refractivity contribution is 9.10. The van der Waals surface area contributed by atoms with Gasteiger partial charge in [-0.15, -0.1) is 0 Å². The molecule has 132 valence electrons. The van der Waals surface area contributed by atoms with Crippen molar-refractivity contribution < 1.29 is 9.59 Å². The molecule has 2 nitrogen and oxygen atoms in total. The van der Waals surface area contributed by atoms with E-state index in [1.54, 1.807) is 24.3 Å². The van der Waals surface area contributed by atoms with Crippen molar-refractivity contribution in [3.8, 4) is 0 Å². The van der Waals surface area contributed by atoms with Gasteiger partial charge in [-0.25, -0.2) is 0 Å². The molecule has 0 amide bonds. The Kier molecular flexibility index (Phi) is 4.63. The van der Waals surface area contributed by atoms with Crippen molar-refractivity contribution in [2.75, 3.05) is 0 Å². The minimum Gasteiger partial charge on any atom is -0.293 e. The quantitative estimate of drug-likeness (QED) is 0.400. The first-order valence-corrected chi connectivity index (χ1v) is 9.68. The molecule has 0 aromatic heterocycles. The standard InChI is InChI=1S/C24H17BrO2/c1-15-11-13-17(14-12-15)20(16-7-3-2-4-8-16)21-22(25)24(27)19-10-6-5-9-18(19)23(21)26/h2-14,22H,1H3/b21-20-. The third-order valence-corrected chi connectivity index (χ3v) is 5.71. The topological polar surface area (TPSA) is 34.1 Å². The van der Waals surface area contributed by atoms with Crippen LogP contribution in [0.4, 0.5) is 0 Å². The molecule has 1 unspecified atom stereocenters. The van der Waals surface area contributed by atoms with Crippen LogP contribution < -0.4 is 0 Å². The Balaban J connectivity index is 2.03. The number of hydrogen-bond donors (Lipinski definition) is 0. The van der Waals surface area contributed by atoms with Crippen LogP contribution >= 0.6 is 15.9 Å². The van der Waals surface area contributed by atoms with Crippen molar-refractivity contribution in [1.82, 2.24) is 0 Å². The zero-order valence-electron chi connectivity index (χ0n) is 14.8. The molecule has 0 saturated heterocycles. The van der Waals surface area contributed by atoms with Gasteiger partial charge >= 0.3 is 0 Å². The fraction of sp³-hybridized carbons (Fsp3) is 0.0833. The van der Waals surface area contributed by atoms with Crippen molar-refractivity contribution in [3.05, 3.63) is 112 Å². The normalized spacial score (nSPS) is 18.2. The summed E-state index contributed by atoms with van der Waals surface area (Å²) in [5.74, 6) is -0.188. The van der Waals surface area contributed by atoms with Crippen LogP contribution in [-0.4, -0.2) is 16.4 Å². The number of ketones is 2. The lowest BCUT2D eigenvalue weighted by Crippen LogP contribution is -2.31. The monoisotopic (exact) mass is 416 g/mol. The molecule has 0 heterocycles. The molecular formula is C24H17BrO2. The highest BCUT2D eigenvalue weighted by atomic mass is 79.9. The number of carbonyl (C=O) groups is 2. The van der Waals surface area contributed by atoms with Crippen LogP contribution in [0.15, 0.2) is 84.4 Å². The van der Waals surface area contributed by atoms with Crippen LogP contribution in [0.1, 0.15) is 37.4 Å². The summed E-state index contributed by atoms with van der Waals surface area (Å²) < 4.78 is 0. The molecule has 0 radical (unpaired) electrons. The van der Waals surface area contributed by atoms with Crippen LogP contribution in [-0.2, 0) is 0 Å². The van der Waals surface area contributed by atoms with E-state index in [4.69, 9.17) is 0 Å². The number of benzene rings is 3. The second-order valence-corrected chi connectivity index (χ2v) is 7.54. The first-order valence-electron chi connectivity index (χ1n) is 8.76. The lowest BCUT2D eigenvalue weighted by Gasteiger charge is -2.25. The van der Waals surface area contributed by atoms with E-state index >= 15 is 0 Å². The van der Waals surface area contributed by atoms with E-state index in [-0.39, 0.29) is 11.6 Å². The Morgan fingerprint density at radius 1 is 0.741 bits per heavy atom. The summed E-state index contributed by atoms with van der Waals surface area (Å²) in [6.07, 6.45) is 0. The van der Waals surface area contributed by atoms with E-state index in [1.165, 1.54) is 0 Å². The van der Waals surface area contributed by atoms with Gasteiger partial charge in [0.05, 0.1) is 0 Å². The average Bonchev–Trinajstić information content (AvgIpc) is 2.71. The molecule has 27 heavy (non-hydrogen) atoms. The second-order valence-electron chi connectivity index (χ2n) is 6.62. The van der Waals surface area contributed by atoms with Crippen molar-refractivity contribution in [2.45, 2.75) is 11.8 Å². The molecule has 3 aromatic carbocycles. The number of Topliss-reactive ketones (excluding diaryl/α,β-unsaturated/α-hetero) is 2. The maximum atomic E-state index is 13.4. The Morgan fingerprint density at radius 3 is 1.96 bits per heavy atom. The van der Waals surface area contributed by atoms with Gasteiger partial charge in [-0.1, -0.05) is 100 Å². The molecule has 1 aliphatic carbocycles. The molecule has 4 rings (SSSR count). The van der Waals surface area contributed by atoms with Crippen molar-refractivity contribution in [3.63, 3.8) is 0 Å². The summed E-state index contributed by atoms with van der Waals surface area (Å²) in [4.78, 5) is 25.7. The van der Waals surface area contributed by atoms with E-state index < -0.39 is 4.83 Å². The first kappa shape index (κ1) is 17.6. The Bertz CT molecular complexity index is 1060. The molecule has 0 fully saturated rings. The molecule has 0 saturated carbocycles. The Morgan fingerprint density at radius 2 is 1.30 bits per heavy atom. The minimum atomic E-state index is -0.670. The SMILES string of the molecule is Cc1ccc(/C(=C2\C(=O)c3ccccc3C(=O)C2Br)c2ccccc2)cc1. The predicted octanol–water partition coefficient (Wildman–Crippen LogP) is 5.64. The van der Waals surface area contributed by atoms with Gasteiger partial charge in [-0.2, -0.15) is 0 Å². The molecule has 3 heteroatoms. The average molecular weight is 417 g/mol. The van der Waals surface area contributed by atoms with Crippen molar-refractivity contribution in [1.29, 1.82) is 0 Å². The third kappa shape index (κ3) is 3.08. The zero-order chi connectivity index (χ0) is 19.0. The highest BCUT2D eigenvalue weighted by Gasteiger charge is 2.37. The molecule has 0 N–H and O–H groups in total. The van der Waals surface area contributed by atoms with Gasteiger partial charge in [0.25, 0.3) is 0 Å². The van der Waals surface area contributed by atoms with Gasteiger partial charge in [0.1, 0.15) is 4.83 Å². The number of alkyl halides is 1. The number of hydrogen-bond acceptors (Lipinski definition) is 2. The van der Waals surface area contributed by atoms with Crippen LogP contribution in [0.5, 0.6) is 0 Å². The van der Waals surface area contributed by atoms with Crippen molar-refractivity contribution in [2.24, 2.45) is 0 Å². The summed E-state index contributed by atoms with van der Waals surface area (Å²) in [5, 5.41) is 0. The van der Waals surface area contributed by atoms with Gasteiger partial charge in [0.15, 0.2) is 11.6 Å². The maximum Gasteiger partial charge on any atom is 0.191 e. The number of fused-ring (bicyclic) bond motifs is 1. The Hall–Kier alpha value is -2.78. The Labute approximate surface area is 166 Å². The number of carbonyl (C=O) groups excluding carboxylic acids is 2. The fourth-order valence-corrected chi connectivity index (χ4v) is 4.15. The molecule has 0 aliphatic heterocycles. The molecule has 1 atom stereocenters. The number of aryl methyl sites for hydroxylation is 1. The smallest absolute Gasteiger partial charge is 0.191 e. The molecule has 3 aromatic rings. The van der Waals surface area contributed by atoms with Crippen LogP contribution in [0.2, 0.25) is 0 Å². The molecular weight excluding hydrogens is 400 g/mol. The first-order chi connectivity index (χ1) is 13.1.